The number of hydrogen-bond donors (Lipinski definition) is 0. The molecule has 2 aliphatic heterocycles. The van der Waals surface area contributed by atoms with E-state index in [2.05, 4.69) is 39.0 Å². The molecule has 1 aromatic carbocycles. The Morgan fingerprint density at radius 3 is 1.93 bits per heavy atom. The molecule has 0 atom stereocenters. The van der Waals surface area contributed by atoms with Gasteiger partial charge in [0, 0.05) is 72.6 Å². The van der Waals surface area contributed by atoms with Gasteiger partial charge in [-0.25, -0.2) is 0 Å². The van der Waals surface area contributed by atoms with Gasteiger partial charge in [-0.1, -0.05) is 12.1 Å². The molecule has 160 valence electrons. The van der Waals surface area contributed by atoms with Gasteiger partial charge in [-0.05, 0) is 30.5 Å². The summed E-state index contributed by atoms with van der Waals surface area (Å²) in [5, 5.41) is 0. The minimum atomic E-state index is 0.142. The zero-order valence-corrected chi connectivity index (χ0v) is 18.1. The maximum Gasteiger partial charge on any atom is 0.236 e. The first-order valence-electron chi connectivity index (χ1n) is 10.6. The fraction of sp³-hybridized carbons (Fsp3) is 0.636. The average Bonchev–Trinajstić information content (AvgIpc) is 3.25. The summed E-state index contributed by atoms with van der Waals surface area (Å²) in [6.45, 7) is 6.79. The van der Waals surface area contributed by atoms with Crippen molar-refractivity contribution in [3.8, 4) is 0 Å². The van der Waals surface area contributed by atoms with Crippen LogP contribution in [0.15, 0.2) is 24.3 Å². The lowest BCUT2D eigenvalue weighted by atomic mass is 10.2. The van der Waals surface area contributed by atoms with Gasteiger partial charge < -0.3 is 14.7 Å². The summed E-state index contributed by atoms with van der Waals surface area (Å²) in [5.74, 6) is 0.398. The lowest BCUT2D eigenvalue weighted by Gasteiger charge is -2.35. The smallest absolute Gasteiger partial charge is 0.236 e. The third kappa shape index (κ3) is 6.18. The average molecular weight is 402 g/mol. The van der Waals surface area contributed by atoms with E-state index in [0.29, 0.717) is 19.6 Å². The van der Waals surface area contributed by atoms with Gasteiger partial charge in [-0.2, -0.15) is 0 Å². The number of anilines is 1. The molecular formula is C22H35N5O2. The van der Waals surface area contributed by atoms with Crippen molar-refractivity contribution in [3.63, 3.8) is 0 Å². The predicted octanol–water partition coefficient (Wildman–Crippen LogP) is 0.951. The molecule has 7 heteroatoms. The Hall–Kier alpha value is -2.12. The standard InChI is InChI=1S/C22H35N5O2/c1-23(2)20-8-6-19(7-9-20)16-24(3)21(28)17-25-12-14-26(15-13-25)18-22(29)27-10-4-5-11-27/h6-9H,4-5,10-18H2,1-3H3. The first kappa shape index (κ1) is 21.6. The number of likely N-dealkylation sites (N-methyl/N-ethyl adjacent to an activating group) is 1. The summed E-state index contributed by atoms with van der Waals surface area (Å²) in [6, 6.07) is 8.32. The number of carbonyl (C=O) groups is 2. The predicted molar refractivity (Wildman–Crippen MR) is 116 cm³/mol. The Kier molecular flexibility index (Phi) is 7.50. The van der Waals surface area contributed by atoms with Gasteiger partial charge in [-0.15, -0.1) is 0 Å². The van der Waals surface area contributed by atoms with Gasteiger partial charge in [0.25, 0.3) is 0 Å². The highest BCUT2D eigenvalue weighted by Crippen LogP contribution is 2.14. The number of piperazine rings is 1. The van der Waals surface area contributed by atoms with E-state index in [-0.39, 0.29) is 11.8 Å². The number of amides is 2. The highest BCUT2D eigenvalue weighted by Gasteiger charge is 2.24. The van der Waals surface area contributed by atoms with Crippen molar-refractivity contribution < 1.29 is 9.59 Å². The normalized spacial score (nSPS) is 18.1. The molecule has 0 bridgehead atoms. The molecule has 0 spiro atoms. The van der Waals surface area contributed by atoms with E-state index in [1.165, 1.54) is 0 Å². The van der Waals surface area contributed by atoms with Crippen molar-refractivity contribution >= 4 is 17.5 Å². The number of nitrogens with zero attached hydrogens (tertiary/aromatic N) is 5. The third-order valence-corrected chi connectivity index (χ3v) is 5.94. The van der Waals surface area contributed by atoms with Crippen molar-refractivity contribution in [2.75, 3.05) is 78.4 Å². The van der Waals surface area contributed by atoms with Crippen LogP contribution in [0.1, 0.15) is 18.4 Å². The summed E-state index contributed by atoms with van der Waals surface area (Å²) in [7, 11) is 5.91. The summed E-state index contributed by atoms with van der Waals surface area (Å²) in [6.07, 6.45) is 2.27. The van der Waals surface area contributed by atoms with E-state index in [0.717, 1.165) is 63.4 Å². The van der Waals surface area contributed by atoms with Gasteiger partial charge in [0.05, 0.1) is 13.1 Å². The summed E-state index contributed by atoms with van der Waals surface area (Å²) < 4.78 is 0. The van der Waals surface area contributed by atoms with Crippen LogP contribution >= 0.6 is 0 Å². The van der Waals surface area contributed by atoms with E-state index in [4.69, 9.17) is 0 Å². The quantitative estimate of drug-likeness (QED) is 0.681. The van der Waals surface area contributed by atoms with Crippen LogP contribution in [0.4, 0.5) is 5.69 Å². The van der Waals surface area contributed by atoms with Gasteiger partial charge in [-0.3, -0.25) is 19.4 Å². The molecule has 2 saturated heterocycles. The molecule has 0 aromatic heterocycles. The molecule has 1 aromatic rings. The largest absolute Gasteiger partial charge is 0.378 e. The van der Waals surface area contributed by atoms with Gasteiger partial charge in [0.2, 0.25) is 11.8 Å². The first-order chi connectivity index (χ1) is 13.9. The SMILES string of the molecule is CN(Cc1ccc(N(C)C)cc1)C(=O)CN1CCN(CC(=O)N2CCCC2)CC1. The lowest BCUT2D eigenvalue weighted by molar-refractivity contribution is -0.134. The molecule has 29 heavy (non-hydrogen) atoms. The molecule has 2 amide bonds. The van der Waals surface area contributed by atoms with Crippen molar-refractivity contribution in [2.45, 2.75) is 19.4 Å². The number of rotatable bonds is 7. The minimum absolute atomic E-state index is 0.142. The topological polar surface area (TPSA) is 50.3 Å². The molecule has 3 rings (SSSR count). The Bertz CT molecular complexity index is 677. The molecule has 0 aliphatic carbocycles. The van der Waals surface area contributed by atoms with Crippen molar-refractivity contribution in [1.29, 1.82) is 0 Å². The van der Waals surface area contributed by atoms with E-state index in [1.54, 1.807) is 4.90 Å². The van der Waals surface area contributed by atoms with Crippen LogP contribution in [-0.2, 0) is 16.1 Å². The second-order valence-corrected chi connectivity index (χ2v) is 8.45. The lowest BCUT2D eigenvalue weighted by Crippen LogP contribution is -2.51. The zero-order valence-electron chi connectivity index (χ0n) is 18.1. The van der Waals surface area contributed by atoms with Crippen molar-refractivity contribution in [3.05, 3.63) is 29.8 Å². The van der Waals surface area contributed by atoms with Crippen LogP contribution in [0.2, 0.25) is 0 Å². The van der Waals surface area contributed by atoms with Crippen molar-refractivity contribution in [1.82, 2.24) is 19.6 Å². The molecule has 0 unspecified atom stereocenters. The molecule has 7 nitrogen and oxygen atoms in total. The summed E-state index contributed by atoms with van der Waals surface area (Å²) in [5.41, 5.74) is 2.29. The maximum absolute atomic E-state index is 12.6. The summed E-state index contributed by atoms with van der Waals surface area (Å²) in [4.78, 5) is 35.2. The number of carbonyl (C=O) groups excluding carboxylic acids is 2. The molecule has 0 saturated carbocycles. The molecule has 2 heterocycles. The van der Waals surface area contributed by atoms with E-state index < -0.39 is 0 Å². The molecule has 0 radical (unpaired) electrons. The van der Waals surface area contributed by atoms with Crippen LogP contribution in [0, 0.1) is 0 Å². The first-order valence-corrected chi connectivity index (χ1v) is 10.6. The van der Waals surface area contributed by atoms with Gasteiger partial charge in [0.15, 0.2) is 0 Å². The van der Waals surface area contributed by atoms with Crippen LogP contribution < -0.4 is 4.90 Å². The van der Waals surface area contributed by atoms with Crippen molar-refractivity contribution in [2.24, 2.45) is 0 Å². The van der Waals surface area contributed by atoms with Gasteiger partial charge in [0.1, 0.15) is 0 Å². The number of hydrogen-bond acceptors (Lipinski definition) is 5. The minimum Gasteiger partial charge on any atom is -0.378 e. The summed E-state index contributed by atoms with van der Waals surface area (Å²) >= 11 is 0. The zero-order chi connectivity index (χ0) is 20.8. The third-order valence-electron chi connectivity index (χ3n) is 5.94. The molecule has 0 N–H and O–H groups in total. The van der Waals surface area contributed by atoms with Crippen LogP contribution in [-0.4, -0.2) is 105 Å². The Morgan fingerprint density at radius 2 is 1.38 bits per heavy atom. The van der Waals surface area contributed by atoms with Gasteiger partial charge >= 0.3 is 0 Å². The highest BCUT2D eigenvalue weighted by atomic mass is 16.2. The van der Waals surface area contributed by atoms with Crippen LogP contribution in [0.5, 0.6) is 0 Å². The number of likely N-dealkylation sites (tertiary alicyclic amines) is 1. The van der Waals surface area contributed by atoms with E-state index in [9.17, 15) is 9.59 Å². The van der Waals surface area contributed by atoms with E-state index >= 15 is 0 Å². The van der Waals surface area contributed by atoms with Crippen LogP contribution in [0.3, 0.4) is 0 Å². The fourth-order valence-corrected chi connectivity index (χ4v) is 3.94. The second-order valence-electron chi connectivity index (χ2n) is 8.45. The van der Waals surface area contributed by atoms with Crippen LogP contribution in [0.25, 0.3) is 0 Å². The highest BCUT2D eigenvalue weighted by molar-refractivity contribution is 5.79. The van der Waals surface area contributed by atoms with E-state index in [1.807, 2.05) is 26.0 Å². The fourth-order valence-electron chi connectivity index (χ4n) is 3.94. The number of benzene rings is 1. The Labute approximate surface area is 174 Å². The maximum atomic E-state index is 12.6. The Morgan fingerprint density at radius 1 is 0.828 bits per heavy atom. The second kappa shape index (κ2) is 10.1. The molecular weight excluding hydrogens is 366 g/mol. The monoisotopic (exact) mass is 401 g/mol. The Balaban J connectivity index is 1.38. The molecule has 2 aliphatic rings. The molecule has 2 fully saturated rings.